The van der Waals surface area contributed by atoms with Crippen LogP contribution in [0.25, 0.3) is 5.65 Å². The van der Waals surface area contributed by atoms with Crippen LogP contribution < -0.4 is 0 Å². The average Bonchev–Trinajstić information content (AvgIpc) is 2.78. The number of imidazole rings is 1. The molecule has 1 N–H and O–H groups in total. The smallest absolute Gasteiger partial charge is 0.435 e. The lowest BCUT2D eigenvalue weighted by molar-refractivity contribution is -0.141. The molecule has 0 saturated heterocycles. The molecular formula is C9H9F3N4O. The molecule has 2 aromatic heterocycles. The number of hydrogen-bond acceptors (Lipinski definition) is 3. The zero-order valence-electron chi connectivity index (χ0n) is 8.82. The first-order valence-corrected chi connectivity index (χ1v) is 4.65. The predicted molar refractivity (Wildman–Crippen MR) is 52.9 cm³/mol. The Labute approximate surface area is 93.9 Å². The van der Waals surface area contributed by atoms with Crippen molar-refractivity contribution in [2.24, 2.45) is 0 Å². The summed E-state index contributed by atoms with van der Waals surface area (Å²) in [4.78, 5) is 0. The number of alkyl halides is 3. The highest BCUT2D eigenvalue weighted by atomic mass is 19.4. The maximum atomic E-state index is 12.4. The molecule has 0 amide bonds. The quantitative estimate of drug-likeness (QED) is 0.648. The molecule has 8 heteroatoms. The van der Waals surface area contributed by atoms with Gasteiger partial charge in [0.15, 0.2) is 5.69 Å². The molecule has 0 aliphatic heterocycles. The Morgan fingerprint density at radius 1 is 1.47 bits per heavy atom. The lowest BCUT2D eigenvalue weighted by atomic mass is 10.4. The summed E-state index contributed by atoms with van der Waals surface area (Å²) in [6.45, 7) is 0.0655. The van der Waals surface area contributed by atoms with Crippen LogP contribution in [-0.4, -0.2) is 27.2 Å². The Morgan fingerprint density at radius 3 is 2.76 bits per heavy atom. The molecule has 0 bridgehead atoms. The van der Waals surface area contributed by atoms with Crippen molar-refractivity contribution in [3.8, 4) is 0 Å². The largest absolute Gasteiger partial charge is 0.483 e. The third-order valence-electron chi connectivity index (χ3n) is 2.25. The first-order valence-electron chi connectivity index (χ1n) is 4.65. The lowest BCUT2D eigenvalue weighted by Gasteiger charge is -2.03. The van der Waals surface area contributed by atoms with Gasteiger partial charge in [0, 0.05) is 18.5 Å². The Bertz CT molecular complexity index is 554. The summed E-state index contributed by atoms with van der Waals surface area (Å²) in [6.07, 6.45) is -1.53. The highest BCUT2D eigenvalue weighted by molar-refractivity contribution is 5.73. The minimum Gasteiger partial charge on any atom is -0.483 e. The highest BCUT2D eigenvalue weighted by Gasteiger charge is 2.34. The fourth-order valence-electron chi connectivity index (χ4n) is 1.42. The van der Waals surface area contributed by atoms with Crippen molar-refractivity contribution in [1.82, 2.24) is 14.2 Å². The summed E-state index contributed by atoms with van der Waals surface area (Å²) in [5.74, 6) is -0.0436. The Hall–Kier alpha value is -1.99. The second kappa shape index (κ2) is 3.79. The van der Waals surface area contributed by atoms with Crippen molar-refractivity contribution < 1.29 is 17.9 Å². The minimum absolute atomic E-state index is 0.0436. The summed E-state index contributed by atoms with van der Waals surface area (Å²) < 4.78 is 44.5. The molecule has 2 heterocycles. The SMILES string of the molecule is COC(=N)Cn1ccn2nc(C(F)(F)F)cc12. The van der Waals surface area contributed by atoms with E-state index >= 15 is 0 Å². The van der Waals surface area contributed by atoms with E-state index in [0.29, 0.717) is 0 Å². The van der Waals surface area contributed by atoms with Crippen LogP contribution in [0.4, 0.5) is 13.2 Å². The second-order valence-corrected chi connectivity index (χ2v) is 3.38. The molecule has 0 atom stereocenters. The molecule has 2 aromatic rings. The number of halogens is 3. The highest BCUT2D eigenvalue weighted by Crippen LogP contribution is 2.28. The van der Waals surface area contributed by atoms with Crippen molar-refractivity contribution >= 4 is 11.5 Å². The molecule has 0 aliphatic carbocycles. The minimum atomic E-state index is -4.47. The molecule has 0 unspecified atom stereocenters. The molecule has 17 heavy (non-hydrogen) atoms. The van der Waals surface area contributed by atoms with Gasteiger partial charge in [0.05, 0.1) is 13.7 Å². The number of nitrogens with one attached hydrogen (secondary N) is 1. The van der Waals surface area contributed by atoms with E-state index in [0.717, 1.165) is 10.6 Å². The van der Waals surface area contributed by atoms with Gasteiger partial charge < -0.3 is 9.30 Å². The first kappa shape index (κ1) is 11.5. The van der Waals surface area contributed by atoms with Crippen molar-refractivity contribution in [1.29, 1.82) is 5.41 Å². The van der Waals surface area contributed by atoms with Crippen molar-refractivity contribution in [3.05, 3.63) is 24.2 Å². The van der Waals surface area contributed by atoms with Crippen LogP contribution in [0.1, 0.15) is 5.69 Å². The lowest BCUT2D eigenvalue weighted by Crippen LogP contribution is -2.09. The summed E-state index contributed by atoms with van der Waals surface area (Å²) >= 11 is 0. The van der Waals surface area contributed by atoms with Gasteiger partial charge in [-0.25, -0.2) is 4.52 Å². The Balaban J connectivity index is 2.39. The molecule has 0 radical (unpaired) electrons. The third-order valence-corrected chi connectivity index (χ3v) is 2.25. The van der Waals surface area contributed by atoms with E-state index in [9.17, 15) is 13.2 Å². The zero-order chi connectivity index (χ0) is 12.6. The molecule has 0 aromatic carbocycles. The maximum Gasteiger partial charge on any atom is 0.435 e. The first-order chi connectivity index (χ1) is 7.91. The van der Waals surface area contributed by atoms with Crippen LogP contribution in [0.15, 0.2) is 18.5 Å². The maximum absolute atomic E-state index is 12.4. The van der Waals surface area contributed by atoms with Crippen molar-refractivity contribution in [3.63, 3.8) is 0 Å². The molecular weight excluding hydrogens is 237 g/mol. The normalized spacial score (nSPS) is 12.0. The molecule has 0 aliphatic rings. The van der Waals surface area contributed by atoms with Gasteiger partial charge in [0.1, 0.15) is 5.65 Å². The molecule has 5 nitrogen and oxygen atoms in total. The van der Waals surface area contributed by atoms with Crippen LogP contribution in [0.3, 0.4) is 0 Å². The van der Waals surface area contributed by atoms with Gasteiger partial charge in [0.2, 0.25) is 5.90 Å². The monoisotopic (exact) mass is 246 g/mol. The standard InChI is InChI=1S/C9H9F3N4O/c1-17-7(13)5-15-2-3-16-8(15)4-6(14-16)9(10,11)12/h2-4,13H,5H2,1H3. The van der Waals surface area contributed by atoms with Crippen molar-refractivity contribution in [2.75, 3.05) is 7.11 Å². The van der Waals surface area contributed by atoms with E-state index in [-0.39, 0.29) is 18.1 Å². The van der Waals surface area contributed by atoms with Crippen molar-refractivity contribution in [2.45, 2.75) is 12.7 Å². The van der Waals surface area contributed by atoms with E-state index in [4.69, 9.17) is 5.41 Å². The van der Waals surface area contributed by atoms with Crippen LogP contribution >= 0.6 is 0 Å². The Morgan fingerprint density at radius 2 is 2.18 bits per heavy atom. The van der Waals surface area contributed by atoms with Crippen LogP contribution in [0.2, 0.25) is 0 Å². The fourth-order valence-corrected chi connectivity index (χ4v) is 1.42. The number of nitrogens with zero attached hydrogens (tertiary/aromatic N) is 3. The predicted octanol–water partition coefficient (Wildman–Crippen LogP) is 1.78. The molecule has 0 spiro atoms. The van der Waals surface area contributed by atoms with E-state index in [1.165, 1.54) is 24.1 Å². The summed E-state index contributed by atoms with van der Waals surface area (Å²) in [5, 5.41) is 10.7. The zero-order valence-corrected chi connectivity index (χ0v) is 8.82. The topological polar surface area (TPSA) is 55.3 Å². The van der Waals surface area contributed by atoms with Gasteiger partial charge >= 0.3 is 6.18 Å². The number of methoxy groups -OCH3 is 1. The van der Waals surface area contributed by atoms with Gasteiger partial charge in [-0.2, -0.15) is 18.3 Å². The molecule has 2 rings (SSSR count). The van der Waals surface area contributed by atoms with Crippen LogP contribution in [-0.2, 0) is 17.5 Å². The van der Waals surface area contributed by atoms with Gasteiger partial charge in [-0.05, 0) is 0 Å². The molecule has 0 fully saturated rings. The van der Waals surface area contributed by atoms with Crippen LogP contribution in [0, 0.1) is 5.41 Å². The van der Waals surface area contributed by atoms with Gasteiger partial charge in [0.25, 0.3) is 0 Å². The van der Waals surface area contributed by atoms with E-state index in [1.807, 2.05) is 0 Å². The number of rotatable bonds is 2. The van der Waals surface area contributed by atoms with Gasteiger partial charge in [-0.1, -0.05) is 0 Å². The number of ether oxygens (including phenoxy) is 1. The molecule has 92 valence electrons. The average molecular weight is 246 g/mol. The van der Waals surface area contributed by atoms with Gasteiger partial charge in [-0.3, -0.25) is 5.41 Å². The van der Waals surface area contributed by atoms with Crippen LogP contribution in [0.5, 0.6) is 0 Å². The fraction of sp³-hybridized carbons (Fsp3) is 0.333. The summed E-state index contributed by atoms with van der Waals surface area (Å²) in [6, 6.07) is 0.933. The molecule has 0 saturated carbocycles. The van der Waals surface area contributed by atoms with Gasteiger partial charge in [-0.15, -0.1) is 0 Å². The summed E-state index contributed by atoms with van der Waals surface area (Å²) in [7, 11) is 1.33. The number of fused-ring (bicyclic) bond motifs is 1. The van der Waals surface area contributed by atoms with E-state index in [1.54, 1.807) is 0 Å². The number of aromatic nitrogens is 3. The summed E-state index contributed by atoms with van der Waals surface area (Å²) in [5.41, 5.74) is -0.690. The number of hydrogen-bond donors (Lipinski definition) is 1. The van der Waals surface area contributed by atoms with E-state index < -0.39 is 11.9 Å². The van der Waals surface area contributed by atoms with E-state index in [2.05, 4.69) is 9.84 Å². The third kappa shape index (κ3) is 2.10. The second-order valence-electron chi connectivity index (χ2n) is 3.38. The Kier molecular flexibility index (Phi) is 2.56.